The average Bonchev–Trinajstić information content (AvgIpc) is 2.55. The molecular formula is C19H15BrO. The molecule has 3 rings (SSSR count). The Balaban J connectivity index is 2.07. The van der Waals surface area contributed by atoms with E-state index >= 15 is 0 Å². The molecule has 0 fully saturated rings. The van der Waals surface area contributed by atoms with Crippen molar-refractivity contribution in [2.24, 2.45) is 0 Å². The second-order valence-corrected chi connectivity index (χ2v) is 5.83. The largest absolute Gasteiger partial charge is 0.384 e. The van der Waals surface area contributed by atoms with Gasteiger partial charge in [-0.3, -0.25) is 0 Å². The van der Waals surface area contributed by atoms with Crippen LogP contribution in [-0.4, -0.2) is 5.11 Å². The van der Waals surface area contributed by atoms with Crippen molar-refractivity contribution < 1.29 is 5.11 Å². The van der Waals surface area contributed by atoms with Crippen LogP contribution in [0.5, 0.6) is 0 Å². The van der Waals surface area contributed by atoms with Crippen molar-refractivity contribution in [2.75, 3.05) is 0 Å². The predicted octanol–water partition coefficient (Wildman–Crippen LogP) is 5.20. The Morgan fingerprint density at radius 1 is 0.762 bits per heavy atom. The number of hydrogen-bond donors (Lipinski definition) is 1. The maximum absolute atomic E-state index is 10.7. The highest BCUT2D eigenvalue weighted by molar-refractivity contribution is 9.10. The highest BCUT2D eigenvalue weighted by Gasteiger charge is 2.15. The van der Waals surface area contributed by atoms with Crippen LogP contribution >= 0.6 is 15.9 Å². The van der Waals surface area contributed by atoms with Crippen LogP contribution in [0.4, 0.5) is 0 Å². The molecule has 0 heterocycles. The highest BCUT2D eigenvalue weighted by Crippen LogP contribution is 2.32. The van der Waals surface area contributed by atoms with Gasteiger partial charge in [0.1, 0.15) is 6.10 Å². The van der Waals surface area contributed by atoms with Gasteiger partial charge in [-0.1, -0.05) is 82.7 Å². The zero-order valence-corrected chi connectivity index (χ0v) is 13.0. The topological polar surface area (TPSA) is 20.2 Å². The van der Waals surface area contributed by atoms with Crippen LogP contribution < -0.4 is 0 Å². The Morgan fingerprint density at radius 2 is 1.48 bits per heavy atom. The molecule has 104 valence electrons. The van der Waals surface area contributed by atoms with Gasteiger partial charge in [-0.05, 0) is 34.4 Å². The van der Waals surface area contributed by atoms with Crippen LogP contribution in [0.2, 0.25) is 0 Å². The van der Waals surface area contributed by atoms with E-state index in [1.165, 1.54) is 0 Å². The number of aliphatic hydroxyl groups excluding tert-OH is 1. The van der Waals surface area contributed by atoms with Gasteiger partial charge in [-0.15, -0.1) is 0 Å². The number of aliphatic hydroxyl groups is 1. The minimum Gasteiger partial charge on any atom is -0.384 e. The molecule has 0 saturated heterocycles. The second kappa shape index (κ2) is 6.25. The zero-order chi connectivity index (χ0) is 14.7. The summed E-state index contributed by atoms with van der Waals surface area (Å²) in [6.07, 6.45) is -0.640. The van der Waals surface area contributed by atoms with Crippen LogP contribution in [0.15, 0.2) is 83.3 Å². The molecule has 1 unspecified atom stereocenters. The van der Waals surface area contributed by atoms with Gasteiger partial charge < -0.3 is 5.11 Å². The van der Waals surface area contributed by atoms with Gasteiger partial charge in [0.25, 0.3) is 0 Å². The number of benzene rings is 3. The summed E-state index contributed by atoms with van der Waals surface area (Å²) in [4.78, 5) is 0. The van der Waals surface area contributed by atoms with E-state index in [4.69, 9.17) is 0 Å². The van der Waals surface area contributed by atoms with Gasteiger partial charge >= 0.3 is 0 Å². The Labute approximate surface area is 133 Å². The third-order valence-corrected chi connectivity index (χ3v) is 4.00. The second-order valence-electron chi connectivity index (χ2n) is 4.91. The van der Waals surface area contributed by atoms with Gasteiger partial charge in [-0.2, -0.15) is 0 Å². The molecule has 1 nitrogen and oxygen atoms in total. The van der Waals surface area contributed by atoms with Crippen LogP contribution in [0.1, 0.15) is 17.2 Å². The molecule has 0 aliphatic carbocycles. The summed E-state index contributed by atoms with van der Waals surface area (Å²) < 4.78 is 0.969. The highest BCUT2D eigenvalue weighted by atomic mass is 79.9. The molecule has 0 aliphatic heterocycles. The molecule has 3 aromatic carbocycles. The van der Waals surface area contributed by atoms with E-state index in [1.807, 2.05) is 66.7 Å². The lowest BCUT2D eigenvalue weighted by Gasteiger charge is -2.16. The molecule has 3 aromatic rings. The fraction of sp³-hybridized carbons (Fsp3) is 0.0526. The summed E-state index contributed by atoms with van der Waals surface area (Å²) in [5, 5.41) is 10.7. The van der Waals surface area contributed by atoms with E-state index in [2.05, 4.69) is 28.1 Å². The smallest absolute Gasteiger partial charge is 0.105 e. The quantitative estimate of drug-likeness (QED) is 0.696. The molecule has 1 atom stereocenters. The van der Waals surface area contributed by atoms with Crippen molar-refractivity contribution >= 4 is 15.9 Å². The Bertz CT molecular complexity index is 737. The van der Waals surface area contributed by atoms with E-state index < -0.39 is 6.10 Å². The monoisotopic (exact) mass is 338 g/mol. The first-order valence-electron chi connectivity index (χ1n) is 6.83. The molecule has 0 radical (unpaired) electrons. The van der Waals surface area contributed by atoms with Crippen LogP contribution in [-0.2, 0) is 0 Å². The molecule has 0 amide bonds. The van der Waals surface area contributed by atoms with Gasteiger partial charge in [0.05, 0.1) is 0 Å². The molecule has 1 N–H and O–H groups in total. The normalized spacial score (nSPS) is 12.1. The Hall–Kier alpha value is -1.90. The fourth-order valence-electron chi connectivity index (χ4n) is 2.47. The third-order valence-electron chi connectivity index (χ3n) is 3.50. The summed E-state index contributed by atoms with van der Waals surface area (Å²) in [5.74, 6) is 0. The number of halogens is 1. The van der Waals surface area contributed by atoms with Crippen molar-refractivity contribution in [3.63, 3.8) is 0 Å². The van der Waals surface area contributed by atoms with Gasteiger partial charge in [0.2, 0.25) is 0 Å². The van der Waals surface area contributed by atoms with Crippen molar-refractivity contribution in [2.45, 2.75) is 6.10 Å². The van der Waals surface area contributed by atoms with E-state index in [-0.39, 0.29) is 0 Å². The Kier molecular flexibility index (Phi) is 4.18. The number of hydrogen-bond acceptors (Lipinski definition) is 1. The first kappa shape index (κ1) is 14.1. The maximum atomic E-state index is 10.7. The molecular weight excluding hydrogens is 324 g/mol. The van der Waals surface area contributed by atoms with Crippen LogP contribution in [0.25, 0.3) is 11.1 Å². The van der Waals surface area contributed by atoms with Gasteiger partial charge in [0.15, 0.2) is 0 Å². The number of rotatable bonds is 3. The standard InChI is InChI=1S/C19H15BrO/c20-16-10-6-9-15(13-16)19(21)18-12-5-4-11-17(18)14-7-2-1-3-8-14/h1-13,19,21H. The molecule has 0 spiro atoms. The first-order valence-corrected chi connectivity index (χ1v) is 7.63. The van der Waals surface area contributed by atoms with Crippen molar-refractivity contribution in [1.29, 1.82) is 0 Å². The average molecular weight is 339 g/mol. The van der Waals surface area contributed by atoms with Crippen LogP contribution in [0, 0.1) is 0 Å². The lowest BCUT2D eigenvalue weighted by molar-refractivity contribution is 0.221. The minimum atomic E-state index is -0.640. The van der Waals surface area contributed by atoms with Gasteiger partial charge in [0, 0.05) is 4.47 Å². The van der Waals surface area contributed by atoms with E-state index in [9.17, 15) is 5.11 Å². The summed E-state index contributed by atoms with van der Waals surface area (Å²) in [7, 11) is 0. The predicted molar refractivity (Wildman–Crippen MR) is 90.1 cm³/mol. The fourth-order valence-corrected chi connectivity index (χ4v) is 2.89. The van der Waals surface area contributed by atoms with Crippen molar-refractivity contribution in [1.82, 2.24) is 0 Å². The van der Waals surface area contributed by atoms with E-state index in [0.717, 1.165) is 26.7 Å². The van der Waals surface area contributed by atoms with Gasteiger partial charge in [-0.25, -0.2) is 0 Å². The third kappa shape index (κ3) is 3.07. The summed E-state index contributed by atoms with van der Waals surface area (Å²) >= 11 is 3.46. The molecule has 0 aromatic heterocycles. The van der Waals surface area contributed by atoms with E-state index in [1.54, 1.807) is 0 Å². The van der Waals surface area contributed by atoms with Crippen molar-refractivity contribution in [3.05, 3.63) is 94.5 Å². The lowest BCUT2D eigenvalue weighted by atomic mass is 9.93. The molecule has 0 bridgehead atoms. The van der Waals surface area contributed by atoms with Crippen molar-refractivity contribution in [3.8, 4) is 11.1 Å². The Morgan fingerprint density at radius 3 is 2.24 bits per heavy atom. The maximum Gasteiger partial charge on any atom is 0.105 e. The minimum absolute atomic E-state index is 0.640. The van der Waals surface area contributed by atoms with Crippen LogP contribution in [0.3, 0.4) is 0 Å². The zero-order valence-electron chi connectivity index (χ0n) is 11.4. The molecule has 0 aliphatic rings. The SMILES string of the molecule is OC(c1cccc(Br)c1)c1ccccc1-c1ccccc1. The molecule has 2 heteroatoms. The molecule has 21 heavy (non-hydrogen) atoms. The van der Waals surface area contributed by atoms with E-state index in [0.29, 0.717) is 0 Å². The molecule has 0 saturated carbocycles. The summed E-state index contributed by atoms with van der Waals surface area (Å²) in [5.41, 5.74) is 3.97. The first-order chi connectivity index (χ1) is 10.3. The summed E-state index contributed by atoms with van der Waals surface area (Å²) in [6, 6.07) is 25.9. The summed E-state index contributed by atoms with van der Waals surface area (Å²) in [6.45, 7) is 0. The lowest BCUT2D eigenvalue weighted by Crippen LogP contribution is -2.01.